The number of hydrogen-bond donors (Lipinski definition) is 3. The van der Waals surface area contributed by atoms with Crippen molar-refractivity contribution in [3.05, 3.63) is 36.5 Å². The van der Waals surface area contributed by atoms with E-state index in [4.69, 9.17) is 4.74 Å². The molecule has 0 aromatic rings. The number of rotatable bonds is 61. The molecule has 0 aliphatic carbocycles. The summed E-state index contributed by atoms with van der Waals surface area (Å²) < 4.78 is 5.47. The number of amides is 1. The summed E-state index contributed by atoms with van der Waals surface area (Å²) in [5.74, 6) is -0.0691. The molecule has 0 saturated carbocycles. The highest BCUT2D eigenvalue weighted by molar-refractivity contribution is 5.76. The van der Waals surface area contributed by atoms with Crippen LogP contribution in [0, 0.1) is 0 Å². The molecule has 0 rings (SSSR count). The monoisotopic (exact) mass is 1030 g/mol. The Kier molecular flexibility index (Phi) is 61.0. The maximum Gasteiger partial charge on any atom is 0.305 e. The van der Waals surface area contributed by atoms with E-state index < -0.39 is 12.1 Å². The van der Waals surface area contributed by atoms with E-state index in [2.05, 4.69) is 43.5 Å². The molecule has 0 aromatic carbocycles. The van der Waals surface area contributed by atoms with Crippen molar-refractivity contribution in [3.63, 3.8) is 0 Å². The minimum atomic E-state index is -0.847. The highest BCUT2D eigenvalue weighted by atomic mass is 16.5. The lowest BCUT2D eigenvalue weighted by molar-refractivity contribution is -0.143. The fraction of sp³-hybridized carbons (Fsp3) is 0.881. The van der Waals surface area contributed by atoms with Crippen molar-refractivity contribution in [3.8, 4) is 0 Å². The van der Waals surface area contributed by atoms with Crippen LogP contribution in [0.15, 0.2) is 36.5 Å². The van der Waals surface area contributed by atoms with Crippen LogP contribution in [0.3, 0.4) is 0 Å². The number of carbonyl (C=O) groups excluding carboxylic acids is 2. The Morgan fingerprint density at radius 3 is 1.08 bits per heavy atom. The van der Waals surface area contributed by atoms with Gasteiger partial charge in [0.2, 0.25) is 5.91 Å². The summed E-state index contributed by atoms with van der Waals surface area (Å²) in [5.41, 5.74) is 0. The number of aliphatic hydroxyl groups excluding tert-OH is 2. The van der Waals surface area contributed by atoms with Gasteiger partial charge in [0.1, 0.15) is 0 Å². The molecule has 0 radical (unpaired) electrons. The maximum absolute atomic E-state index is 12.5. The van der Waals surface area contributed by atoms with Crippen LogP contribution >= 0.6 is 0 Å². The van der Waals surface area contributed by atoms with Crippen molar-refractivity contribution in [1.29, 1.82) is 0 Å². The number of aliphatic hydroxyl groups is 2. The molecule has 6 heteroatoms. The van der Waals surface area contributed by atoms with Crippen LogP contribution in [0.1, 0.15) is 354 Å². The van der Waals surface area contributed by atoms with Gasteiger partial charge in [0, 0.05) is 12.8 Å². The summed E-state index contributed by atoms with van der Waals surface area (Å²) in [6.45, 7) is 4.88. The third kappa shape index (κ3) is 59.2. The van der Waals surface area contributed by atoms with Crippen molar-refractivity contribution in [2.75, 3.05) is 13.2 Å². The van der Waals surface area contributed by atoms with Crippen LogP contribution in [0.25, 0.3) is 0 Å². The van der Waals surface area contributed by atoms with Gasteiger partial charge in [0.25, 0.3) is 0 Å². The Morgan fingerprint density at radius 1 is 0.384 bits per heavy atom. The van der Waals surface area contributed by atoms with E-state index in [1.54, 1.807) is 6.08 Å². The first kappa shape index (κ1) is 71.1. The summed E-state index contributed by atoms with van der Waals surface area (Å²) in [6, 6.07) is -0.630. The molecule has 2 atom stereocenters. The zero-order valence-electron chi connectivity index (χ0n) is 49.1. The predicted octanol–water partition coefficient (Wildman–Crippen LogP) is 20.8. The summed E-state index contributed by atoms with van der Waals surface area (Å²) in [5, 5.41) is 23.2. The highest BCUT2D eigenvalue weighted by Gasteiger charge is 2.18. The summed E-state index contributed by atoms with van der Waals surface area (Å²) in [7, 11) is 0. The standard InChI is InChI=1S/C67H127NO5/c1-3-5-7-9-11-13-15-17-19-20-21-23-26-29-32-35-39-43-47-51-55-59-65(70)64(63-69)68-66(71)60-56-52-48-44-40-36-33-30-27-24-22-25-28-31-34-38-42-46-50-54-58-62-73-67(72)61-57-53-49-45-41-37-18-16-14-12-10-8-6-4-2/h10,12,16,18,55,59,64-65,69-70H,3-9,11,13-15,17,19-54,56-58,60-63H2,1-2H3,(H,68,71)/b12-10-,18-16-,59-55+. The Hall–Kier alpha value is -1.92. The molecule has 3 N–H and O–H groups in total. The highest BCUT2D eigenvalue weighted by Crippen LogP contribution is 2.18. The first-order valence-corrected chi connectivity index (χ1v) is 32.8. The van der Waals surface area contributed by atoms with Crippen LogP contribution in [0.2, 0.25) is 0 Å². The molecule has 0 fully saturated rings. The second-order valence-electron chi connectivity index (χ2n) is 22.5. The number of ether oxygens (including phenoxy) is 1. The van der Waals surface area contributed by atoms with Crippen LogP contribution in [-0.4, -0.2) is 47.4 Å². The average molecular weight is 1030 g/mol. The third-order valence-corrected chi connectivity index (χ3v) is 15.2. The third-order valence-electron chi connectivity index (χ3n) is 15.2. The molecule has 430 valence electrons. The average Bonchev–Trinajstić information content (AvgIpc) is 3.39. The van der Waals surface area contributed by atoms with E-state index in [0.29, 0.717) is 19.4 Å². The van der Waals surface area contributed by atoms with Gasteiger partial charge in [-0.3, -0.25) is 9.59 Å². The second kappa shape index (κ2) is 62.6. The lowest BCUT2D eigenvalue weighted by atomic mass is 10.0. The lowest BCUT2D eigenvalue weighted by Crippen LogP contribution is -2.45. The van der Waals surface area contributed by atoms with Gasteiger partial charge in [0.05, 0.1) is 25.4 Å². The topological polar surface area (TPSA) is 95.9 Å². The molecular formula is C67H127NO5. The number of esters is 1. The zero-order valence-corrected chi connectivity index (χ0v) is 49.1. The molecule has 6 nitrogen and oxygen atoms in total. The predicted molar refractivity (Wildman–Crippen MR) is 319 cm³/mol. The van der Waals surface area contributed by atoms with E-state index >= 15 is 0 Å². The normalized spacial score (nSPS) is 12.8. The van der Waals surface area contributed by atoms with Crippen LogP contribution in [-0.2, 0) is 14.3 Å². The molecule has 0 bridgehead atoms. The number of unbranched alkanes of at least 4 members (excludes halogenated alkanes) is 46. The van der Waals surface area contributed by atoms with Gasteiger partial charge in [-0.25, -0.2) is 0 Å². The Balaban J connectivity index is 3.42. The van der Waals surface area contributed by atoms with Gasteiger partial charge in [-0.15, -0.1) is 0 Å². The van der Waals surface area contributed by atoms with Gasteiger partial charge >= 0.3 is 5.97 Å². The molecule has 0 saturated heterocycles. The number of hydrogen-bond acceptors (Lipinski definition) is 5. The first-order valence-electron chi connectivity index (χ1n) is 32.8. The van der Waals surface area contributed by atoms with Gasteiger partial charge in [-0.2, -0.15) is 0 Å². The summed E-state index contributed by atoms with van der Waals surface area (Å²) >= 11 is 0. The molecule has 2 unspecified atom stereocenters. The van der Waals surface area contributed by atoms with Gasteiger partial charge in [-0.1, -0.05) is 320 Å². The lowest BCUT2D eigenvalue weighted by Gasteiger charge is -2.20. The fourth-order valence-corrected chi connectivity index (χ4v) is 10.1. The van der Waals surface area contributed by atoms with Crippen LogP contribution in [0.4, 0.5) is 0 Å². The molecule has 0 heterocycles. The van der Waals surface area contributed by atoms with Gasteiger partial charge < -0.3 is 20.3 Å². The zero-order chi connectivity index (χ0) is 52.9. The molecule has 0 aliphatic heterocycles. The van der Waals surface area contributed by atoms with E-state index in [0.717, 1.165) is 51.4 Å². The Bertz CT molecular complexity index is 1180. The minimum Gasteiger partial charge on any atom is -0.466 e. The van der Waals surface area contributed by atoms with E-state index in [1.165, 1.54) is 276 Å². The molecule has 0 aliphatic rings. The molecule has 1 amide bonds. The Labute approximate surface area is 455 Å². The van der Waals surface area contributed by atoms with Crippen molar-refractivity contribution in [1.82, 2.24) is 5.32 Å². The number of carbonyl (C=O) groups is 2. The minimum absolute atomic E-state index is 0.00293. The quantitative estimate of drug-likeness (QED) is 0.0320. The van der Waals surface area contributed by atoms with E-state index in [-0.39, 0.29) is 18.5 Å². The van der Waals surface area contributed by atoms with Crippen LogP contribution < -0.4 is 5.32 Å². The first-order chi connectivity index (χ1) is 36.0. The van der Waals surface area contributed by atoms with Crippen LogP contribution in [0.5, 0.6) is 0 Å². The SMILES string of the molecule is CCCC/C=C\C/C=C\CCCCCCCC(=O)OCCCCCCCCCCCCCCCCCCCCCCCC(=O)NC(CO)C(O)/C=C/CCCCCCCCCCCCCCCCCCCCC. The summed E-state index contributed by atoms with van der Waals surface area (Å²) in [4.78, 5) is 24.6. The maximum atomic E-state index is 12.5. The molecule has 0 aromatic heterocycles. The van der Waals surface area contributed by atoms with Crippen molar-refractivity contribution < 1.29 is 24.5 Å². The Morgan fingerprint density at radius 2 is 0.699 bits per heavy atom. The van der Waals surface area contributed by atoms with Crippen molar-refractivity contribution in [2.45, 2.75) is 366 Å². The van der Waals surface area contributed by atoms with E-state index in [9.17, 15) is 19.8 Å². The summed E-state index contributed by atoms with van der Waals surface area (Å²) in [6.07, 6.45) is 79.1. The van der Waals surface area contributed by atoms with Crippen molar-refractivity contribution >= 4 is 11.9 Å². The second-order valence-corrected chi connectivity index (χ2v) is 22.5. The molecular weight excluding hydrogens is 899 g/mol. The smallest absolute Gasteiger partial charge is 0.305 e. The number of nitrogens with one attached hydrogen (secondary N) is 1. The number of allylic oxidation sites excluding steroid dienone is 5. The van der Waals surface area contributed by atoms with Gasteiger partial charge in [-0.05, 0) is 57.8 Å². The van der Waals surface area contributed by atoms with Gasteiger partial charge in [0.15, 0.2) is 0 Å². The molecule has 73 heavy (non-hydrogen) atoms. The van der Waals surface area contributed by atoms with E-state index in [1.807, 2.05) is 6.08 Å². The van der Waals surface area contributed by atoms with Crippen molar-refractivity contribution in [2.24, 2.45) is 0 Å². The largest absolute Gasteiger partial charge is 0.466 e. The molecule has 0 spiro atoms. The fourth-order valence-electron chi connectivity index (χ4n) is 10.1.